The highest BCUT2D eigenvalue weighted by Crippen LogP contribution is 2.43. The van der Waals surface area contributed by atoms with E-state index in [1.54, 1.807) is 0 Å². The minimum Gasteiger partial charge on any atom is -0.373 e. The van der Waals surface area contributed by atoms with E-state index in [1.165, 1.54) is 24.8 Å². The molecule has 3 atom stereocenters. The third-order valence-electron chi connectivity index (χ3n) is 5.55. The van der Waals surface area contributed by atoms with Gasteiger partial charge in [-0.15, -0.1) is 0 Å². The fraction of sp³-hybridized carbons (Fsp3) is 0.684. The largest absolute Gasteiger partial charge is 0.373 e. The topological polar surface area (TPSA) is 35.2 Å². The van der Waals surface area contributed by atoms with Crippen molar-refractivity contribution < 1.29 is 4.74 Å². The highest BCUT2D eigenvalue weighted by Gasteiger charge is 2.37. The molecule has 0 saturated heterocycles. The Kier molecular flexibility index (Phi) is 5.83. The van der Waals surface area contributed by atoms with E-state index in [9.17, 15) is 0 Å². The summed E-state index contributed by atoms with van der Waals surface area (Å²) in [7, 11) is 0. The van der Waals surface area contributed by atoms with Crippen LogP contribution in [-0.4, -0.2) is 12.6 Å². The van der Waals surface area contributed by atoms with E-state index in [0.717, 1.165) is 18.9 Å². The maximum absolute atomic E-state index is 6.26. The Hall–Kier alpha value is -0.860. The first-order valence-electron chi connectivity index (χ1n) is 8.42. The highest BCUT2D eigenvalue weighted by atomic mass is 16.5. The lowest BCUT2D eigenvalue weighted by atomic mass is 9.66. The summed E-state index contributed by atoms with van der Waals surface area (Å²) in [4.78, 5) is 0. The molecule has 0 radical (unpaired) electrons. The van der Waals surface area contributed by atoms with Crippen LogP contribution in [-0.2, 0) is 11.3 Å². The van der Waals surface area contributed by atoms with Gasteiger partial charge in [-0.2, -0.15) is 0 Å². The van der Waals surface area contributed by atoms with E-state index in [2.05, 4.69) is 45.0 Å². The Morgan fingerprint density at radius 2 is 1.90 bits per heavy atom. The van der Waals surface area contributed by atoms with Crippen LogP contribution in [0.1, 0.15) is 52.0 Å². The lowest BCUT2D eigenvalue weighted by molar-refractivity contribution is -0.0517. The normalized spacial score (nSPS) is 26.8. The standard InChI is InChI=1S/C19H31NO/c1-4-19(2,3)17-11-10-16(13-20)18(12-17)21-14-15-8-6-5-7-9-15/h5-9,16-18H,4,10-14,20H2,1-3H3. The molecule has 0 heterocycles. The summed E-state index contributed by atoms with van der Waals surface area (Å²) in [5.74, 6) is 1.28. The van der Waals surface area contributed by atoms with Crippen molar-refractivity contribution in [2.45, 2.75) is 59.2 Å². The number of hydrogen-bond donors (Lipinski definition) is 1. The Labute approximate surface area is 130 Å². The van der Waals surface area contributed by atoms with E-state index in [0.29, 0.717) is 24.0 Å². The number of nitrogens with two attached hydrogens (primary N) is 1. The molecule has 2 heteroatoms. The Morgan fingerprint density at radius 1 is 1.19 bits per heavy atom. The molecule has 21 heavy (non-hydrogen) atoms. The van der Waals surface area contributed by atoms with Crippen molar-refractivity contribution in [3.05, 3.63) is 35.9 Å². The van der Waals surface area contributed by atoms with Crippen molar-refractivity contribution in [3.63, 3.8) is 0 Å². The van der Waals surface area contributed by atoms with Crippen molar-refractivity contribution in [1.82, 2.24) is 0 Å². The van der Waals surface area contributed by atoms with Gasteiger partial charge in [0.2, 0.25) is 0 Å². The third-order valence-corrected chi connectivity index (χ3v) is 5.55. The zero-order valence-electron chi connectivity index (χ0n) is 13.8. The van der Waals surface area contributed by atoms with Gasteiger partial charge >= 0.3 is 0 Å². The van der Waals surface area contributed by atoms with Gasteiger partial charge in [-0.1, -0.05) is 57.5 Å². The molecule has 0 aromatic heterocycles. The molecule has 1 aromatic rings. The number of hydrogen-bond acceptors (Lipinski definition) is 2. The van der Waals surface area contributed by atoms with Gasteiger partial charge in [-0.3, -0.25) is 0 Å². The maximum Gasteiger partial charge on any atom is 0.0720 e. The summed E-state index contributed by atoms with van der Waals surface area (Å²) in [5.41, 5.74) is 7.64. The molecule has 1 aliphatic rings. The molecule has 118 valence electrons. The Balaban J connectivity index is 1.97. The molecule has 2 N–H and O–H groups in total. The third kappa shape index (κ3) is 4.31. The molecule has 1 aliphatic carbocycles. The zero-order chi connectivity index (χ0) is 15.3. The van der Waals surface area contributed by atoms with Crippen LogP contribution in [0.15, 0.2) is 30.3 Å². The van der Waals surface area contributed by atoms with Crippen LogP contribution < -0.4 is 5.73 Å². The first-order chi connectivity index (χ1) is 10.1. The highest BCUT2D eigenvalue weighted by molar-refractivity contribution is 5.13. The molecule has 0 bridgehead atoms. The fourth-order valence-corrected chi connectivity index (χ4v) is 3.44. The molecule has 1 saturated carbocycles. The first-order valence-corrected chi connectivity index (χ1v) is 8.42. The molecule has 0 amide bonds. The van der Waals surface area contributed by atoms with Crippen LogP contribution in [0.4, 0.5) is 0 Å². The fourth-order valence-electron chi connectivity index (χ4n) is 3.44. The lowest BCUT2D eigenvalue weighted by Crippen LogP contribution is -2.40. The molecule has 0 spiro atoms. The molecule has 2 rings (SSSR count). The maximum atomic E-state index is 6.26. The second kappa shape index (κ2) is 7.42. The predicted molar refractivity (Wildman–Crippen MR) is 89.0 cm³/mol. The summed E-state index contributed by atoms with van der Waals surface area (Å²) in [6.45, 7) is 8.55. The van der Waals surface area contributed by atoms with Gasteiger partial charge in [-0.05, 0) is 48.6 Å². The molecular formula is C19H31NO. The summed E-state index contributed by atoms with van der Waals surface area (Å²) < 4.78 is 6.26. The minimum absolute atomic E-state index is 0.319. The van der Waals surface area contributed by atoms with Gasteiger partial charge in [-0.25, -0.2) is 0 Å². The quantitative estimate of drug-likeness (QED) is 0.843. The van der Waals surface area contributed by atoms with Crippen molar-refractivity contribution in [2.24, 2.45) is 23.0 Å². The molecule has 2 nitrogen and oxygen atoms in total. The Morgan fingerprint density at radius 3 is 2.52 bits per heavy atom. The van der Waals surface area contributed by atoms with Crippen molar-refractivity contribution in [1.29, 1.82) is 0 Å². The lowest BCUT2D eigenvalue weighted by Gasteiger charge is -2.42. The molecular weight excluding hydrogens is 258 g/mol. The molecule has 1 aromatic carbocycles. The average molecular weight is 289 g/mol. The SMILES string of the molecule is CCC(C)(C)C1CCC(CN)C(OCc2ccccc2)C1. The van der Waals surface area contributed by atoms with E-state index in [-0.39, 0.29) is 0 Å². The smallest absolute Gasteiger partial charge is 0.0720 e. The van der Waals surface area contributed by atoms with Crippen LogP contribution >= 0.6 is 0 Å². The summed E-state index contributed by atoms with van der Waals surface area (Å²) in [6, 6.07) is 10.5. The molecule has 0 aliphatic heterocycles. The van der Waals surface area contributed by atoms with Gasteiger partial charge < -0.3 is 10.5 Å². The number of rotatable bonds is 6. The second-order valence-corrected chi connectivity index (χ2v) is 7.18. The molecule has 3 unspecified atom stereocenters. The number of ether oxygens (including phenoxy) is 1. The minimum atomic E-state index is 0.319. The summed E-state index contributed by atoms with van der Waals surface area (Å²) >= 11 is 0. The van der Waals surface area contributed by atoms with Gasteiger partial charge in [0.05, 0.1) is 12.7 Å². The summed E-state index contributed by atoms with van der Waals surface area (Å²) in [5, 5.41) is 0. The monoisotopic (exact) mass is 289 g/mol. The van der Waals surface area contributed by atoms with E-state index in [4.69, 9.17) is 10.5 Å². The average Bonchev–Trinajstić information content (AvgIpc) is 2.53. The number of benzene rings is 1. The van der Waals surface area contributed by atoms with E-state index < -0.39 is 0 Å². The molecule has 1 fully saturated rings. The first kappa shape index (κ1) is 16.5. The zero-order valence-corrected chi connectivity index (χ0v) is 13.8. The van der Waals surface area contributed by atoms with Gasteiger partial charge in [0.15, 0.2) is 0 Å². The summed E-state index contributed by atoms with van der Waals surface area (Å²) in [6.07, 6.45) is 5.23. The van der Waals surface area contributed by atoms with Crippen LogP contribution in [0, 0.1) is 17.3 Å². The van der Waals surface area contributed by atoms with Crippen LogP contribution in [0.5, 0.6) is 0 Å². The predicted octanol–water partition coefficient (Wildman–Crippen LogP) is 4.38. The van der Waals surface area contributed by atoms with Crippen LogP contribution in [0.3, 0.4) is 0 Å². The van der Waals surface area contributed by atoms with Crippen LogP contribution in [0.25, 0.3) is 0 Å². The van der Waals surface area contributed by atoms with E-state index in [1.807, 2.05) is 6.07 Å². The van der Waals surface area contributed by atoms with Gasteiger partial charge in [0.25, 0.3) is 0 Å². The van der Waals surface area contributed by atoms with E-state index >= 15 is 0 Å². The van der Waals surface area contributed by atoms with Crippen LogP contribution in [0.2, 0.25) is 0 Å². The Bertz CT molecular complexity index is 415. The van der Waals surface area contributed by atoms with Crippen molar-refractivity contribution in [2.75, 3.05) is 6.54 Å². The van der Waals surface area contributed by atoms with Crippen molar-refractivity contribution >= 4 is 0 Å². The van der Waals surface area contributed by atoms with Gasteiger partial charge in [0.1, 0.15) is 0 Å². The van der Waals surface area contributed by atoms with Gasteiger partial charge in [0, 0.05) is 0 Å². The van der Waals surface area contributed by atoms with Crippen molar-refractivity contribution in [3.8, 4) is 0 Å². The second-order valence-electron chi connectivity index (χ2n) is 7.18.